The Balaban J connectivity index is 1.51. The largest absolute Gasteiger partial charge is 0.489 e. The van der Waals surface area contributed by atoms with Crippen molar-refractivity contribution in [1.29, 1.82) is 0 Å². The summed E-state index contributed by atoms with van der Waals surface area (Å²) < 4.78 is 6.03. The van der Waals surface area contributed by atoms with Gasteiger partial charge in [0.1, 0.15) is 11.9 Å². The molecular weight excluding hydrogens is 296 g/mol. The minimum absolute atomic E-state index is 0.230. The molecule has 1 fully saturated rings. The summed E-state index contributed by atoms with van der Waals surface area (Å²) in [6, 6.07) is 16.0. The van der Waals surface area contributed by atoms with E-state index in [0.717, 1.165) is 38.2 Å². The van der Waals surface area contributed by atoms with E-state index in [0.29, 0.717) is 10.7 Å². The predicted molar refractivity (Wildman–Crippen MR) is 91.2 cm³/mol. The maximum Gasteiger partial charge on any atom is 0.138 e. The Labute approximate surface area is 136 Å². The van der Waals surface area contributed by atoms with E-state index in [1.807, 2.05) is 12.1 Å². The van der Waals surface area contributed by atoms with Gasteiger partial charge >= 0.3 is 0 Å². The van der Waals surface area contributed by atoms with Crippen LogP contribution in [0.2, 0.25) is 5.02 Å². The standard InChI is InChI=1S/C18H21ClN2O/c19-17-12-15(20)6-7-18(17)22-16-8-10-21(11-9-16)13-14-4-2-1-3-5-14/h1-7,12,16H,8-11,13,20H2. The number of nitrogens with zero attached hydrogens (tertiary/aromatic N) is 1. The molecule has 1 heterocycles. The van der Waals surface area contributed by atoms with Gasteiger partial charge in [-0.1, -0.05) is 41.9 Å². The van der Waals surface area contributed by atoms with Gasteiger partial charge in [-0.25, -0.2) is 0 Å². The van der Waals surface area contributed by atoms with Gasteiger partial charge in [0.15, 0.2) is 0 Å². The van der Waals surface area contributed by atoms with Crippen LogP contribution in [0.3, 0.4) is 0 Å². The fourth-order valence-electron chi connectivity index (χ4n) is 2.82. The molecule has 0 aliphatic carbocycles. The minimum Gasteiger partial charge on any atom is -0.489 e. The number of nitrogens with two attached hydrogens (primary N) is 1. The molecule has 0 atom stereocenters. The summed E-state index contributed by atoms with van der Waals surface area (Å²) in [6.45, 7) is 3.11. The van der Waals surface area contributed by atoms with Gasteiger partial charge in [-0.2, -0.15) is 0 Å². The third-order valence-electron chi connectivity index (χ3n) is 4.03. The van der Waals surface area contributed by atoms with Gasteiger partial charge in [0.25, 0.3) is 0 Å². The number of likely N-dealkylation sites (tertiary alicyclic amines) is 1. The van der Waals surface area contributed by atoms with Crippen molar-refractivity contribution < 1.29 is 4.74 Å². The molecule has 1 saturated heterocycles. The molecule has 2 aromatic carbocycles. The average molecular weight is 317 g/mol. The van der Waals surface area contributed by atoms with E-state index in [-0.39, 0.29) is 6.10 Å². The van der Waals surface area contributed by atoms with Gasteiger partial charge < -0.3 is 10.5 Å². The van der Waals surface area contributed by atoms with Crippen LogP contribution in [0, 0.1) is 0 Å². The molecule has 0 saturated carbocycles. The van der Waals surface area contributed by atoms with Crippen molar-refractivity contribution in [3.63, 3.8) is 0 Å². The molecule has 0 bridgehead atoms. The zero-order chi connectivity index (χ0) is 15.4. The number of piperidine rings is 1. The number of hydrogen-bond donors (Lipinski definition) is 1. The Morgan fingerprint density at radius 1 is 1.09 bits per heavy atom. The number of rotatable bonds is 4. The first kappa shape index (κ1) is 15.2. The molecule has 2 aromatic rings. The molecule has 0 amide bonds. The SMILES string of the molecule is Nc1ccc(OC2CCN(Cc3ccccc3)CC2)c(Cl)c1. The van der Waals surface area contributed by atoms with Gasteiger partial charge in [-0.3, -0.25) is 4.90 Å². The molecule has 1 aliphatic heterocycles. The maximum absolute atomic E-state index is 6.17. The molecule has 0 aromatic heterocycles. The lowest BCUT2D eigenvalue weighted by Crippen LogP contribution is -2.37. The van der Waals surface area contributed by atoms with Gasteiger partial charge in [0.2, 0.25) is 0 Å². The third kappa shape index (κ3) is 3.93. The van der Waals surface area contributed by atoms with Gasteiger partial charge in [-0.05, 0) is 36.6 Å². The summed E-state index contributed by atoms with van der Waals surface area (Å²) in [5.74, 6) is 0.734. The van der Waals surface area contributed by atoms with Crippen LogP contribution in [0.4, 0.5) is 5.69 Å². The molecule has 116 valence electrons. The van der Waals surface area contributed by atoms with Crippen molar-refractivity contribution in [1.82, 2.24) is 4.90 Å². The van der Waals surface area contributed by atoms with Crippen molar-refractivity contribution in [2.75, 3.05) is 18.8 Å². The summed E-state index contributed by atoms with van der Waals surface area (Å²) in [5.41, 5.74) is 7.73. The number of anilines is 1. The van der Waals surface area contributed by atoms with Crippen LogP contribution in [0.5, 0.6) is 5.75 Å². The molecule has 22 heavy (non-hydrogen) atoms. The second kappa shape index (κ2) is 7.03. The number of halogens is 1. The Kier molecular flexibility index (Phi) is 4.86. The van der Waals surface area contributed by atoms with Gasteiger partial charge in [0.05, 0.1) is 5.02 Å². The van der Waals surface area contributed by atoms with Crippen molar-refractivity contribution in [3.05, 3.63) is 59.1 Å². The van der Waals surface area contributed by atoms with Crippen LogP contribution in [0.15, 0.2) is 48.5 Å². The highest BCUT2D eigenvalue weighted by Gasteiger charge is 2.21. The minimum atomic E-state index is 0.230. The quantitative estimate of drug-likeness (QED) is 0.868. The van der Waals surface area contributed by atoms with E-state index in [2.05, 4.69) is 35.2 Å². The maximum atomic E-state index is 6.17. The second-order valence-electron chi connectivity index (χ2n) is 5.77. The molecule has 2 N–H and O–H groups in total. The lowest BCUT2D eigenvalue weighted by Gasteiger charge is -2.32. The van der Waals surface area contributed by atoms with E-state index in [9.17, 15) is 0 Å². The Bertz CT molecular complexity index is 610. The number of hydrogen-bond acceptors (Lipinski definition) is 3. The first-order valence-electron chi connectivity index (χ1n) is 7.68. The highest BCUT2D eigenvalue weighted by molar-refractivity contribution is 6.32. The smallest absolute Gasteiger partial charge is 0.138 e. The zero-order valence-electron chi connectivity index (χ0n) is 12.5. The highest BCUT2D eigenvalue weighted by atomic mass is 35.5. The van der Waals surface area contributed by atoms with Gasteiger partial charge in [-0.15, -0.1) is 0 Å². The van der Waals surface area contributed by atoms with Crippen LogP contribution in [0.1, 0.15) is 18.4 Å². The summed E-state index contributed by atoms with van der Waals surface area (Å²) in [6.07, 6.45) is 2.27. The van der Waals surface area contributed by atoms with E-state index in [1.165, 1.54) is 5.56 Å². The molecule has 3 nitrogen and oxygen atoms in total. The number of benzene rings is 2. The van der Waals surface area contributed by atoms with Crippen LogP contribution in [-0.4, -0.2) is 24.1 Å². The Hall–Kier alpha value is -1.71. The van der Waals surface area contributed by atoms with E-state index < -0.39 is 0 Å². The molecule has 0 spiro atoms. The van der Waals surface area contributed by atoms with Crippen molar-refractivity contribution >= 4 is 17.3 Å². The topological polar surface area (TPSA) is 38.5 Å². The Morgan fingerprint density at radius 3 is 2.50 bits per heavy atom. The van der Waals surface area contributed by atoms with Crippen molar-refractivity contribution in [2.45, 2.75) is 25.5 Å². The molecule has 4 heteroatoms. The average Bonchev–Trinajstić information content (AvgIpc) is 2.53. The Morgan fingerprint density at radius 2 is 1.82 bits per heavy atom. The van der Waals surface area contributed by atoms with Crippen LogP contribution in [-0.2, 0) is 6.54 Å². The first-order chi connectivity index (χ1) is 10.7. The normalized spacial score (nSPS) is 16.6. The summed E-state index contributed by atoms with van der Waals surface area (Å²) in [4.78, 5) is 2.47. The van der Waals surface area contributed by atoms with Crippen molar-refractivity contribution in [3.8, 4) is 5.75 Å². The number of ether oxygens (including phenoxy) is 1. The molecule has 1 aliphatic rings. The van der Waals surface area contributed by atoms with Gasteiger partial charge in [0, 0.05) is 25.3 Å². The van der Waals surface area contributed by atoms with Crippen molar-refractivity contribution in [2.24, 2.45) is 0 Å². The monoisotopic (exact) mass is 316 g/mol. The molecule has 3 rings (SSSR count). The summed E-state index contributed by atoms with van der Waals surface area (Å²) in [5, 5.41) is 0.590. The lowest BCUT2D eigenvalue weighted by molar-refractivity contribution is 0.0969. The first-order valence-corrected chi connectivity index (χ1v) is 8.06. The van der Waals surface area contributed by atoms with Crippen LogP contribution in [0.25, 0.3) is 0 Å². The zero-order valence-corrected chi connectivity index (χ0v) is 13.3. The predicted octanol–water partition coefficient (Wildman–Crippen LogP) is 3.97. The van der Waals surface area contributed by atoms with Crippen LogP contribution < -0.4 is 10.5 Å². The molecule has 0 radical (unpaired) electrons. The van der Waals surface area contributed by atoms with E-state index in [1.54, 1.807) is 6.07 Å². The highest BCUT2D eigenvalue weighted by Crippen LogP contribution is 2.29. The summed E-state index contributed by atoms with van der Waals surface area (Å²) >= 11 is 6.17. The molecular formula is C18H21ClN2O. The molecule has 0 unspecified atom stereocenters. The van der Waals surface area contributed by atoms with E-state index >= 15 is 0 Å². The van der Waals surface area contributed by atoms with Crippen LogP contribution >= 0.6 is 11.6 Å². The third-order valence-corrected chi connectivity index (χ3v) is 4.33. The fourth-order valence-corrected chi connectivity index (χ4v) is 3.05. The number of nitrogen functional groups attached to an aromatic ring is 1. The summed E-state index contributed by atoms with van der Waals surface area (Å²) in [7, 11) is 0. The lowest BCUT2D eigenvalue weighted by atomic mass is 10.1. The fraction of sp³-hybridized carbons (Fsp3) is 0.333. The van der Waals surface area contributed by atoms with E-state index in [4.69, 9.17) is 22.1 Å². The second-order valence-corrected chi connectivity index (χ2v) is 6.18.